The van der Waals surface area contributed by atoms with Crippen LogP contribution in [0.15, 0.2) is 33.7 Å². The van der Waals surface area contributed by atoms with E-state index in [1.807, 2.05) is 6.92 Å². The van der Waals surface area contributed by atoms with Crippen molar-refractivity contribution in [2.45, 2.75) is 38.6 Å². The van der Waals surface area contributed by atoms with Crippen molar-refractivity contribution >= 4 is 17.0 Å². The molecule has 1 aliphatic rings. The molecule has 0 aliphatic heterocycles. The molecule has 0 unspecified atom stereocenters. The van der Waals surface area contributed by atoms with Crippen LogP contribution < -0.4 is 11.1 Å². The molecule has 140 valence electrons. The zero-order chi connectivity index (χ0) is 19.1. The third-order valence-electron chi connectivity index (χ3n) is 5.20. The van der Waals surface area contributed by atoms with Crippen molar-refractivity contribution in [3.05, 3.63) is 52.0 Å². The Morgan fingerprint density at radius 1 is 1.41 bits per heavy atom. The van der Waals surface area contributed by atoms with Crippen molar-refractivity contribution in [1.29, 1.82) is 0 Å². The molecule has 1 atom stereocenters. The van der Waals surface area contributed by atoms with Crippen molar-refractivity contribution < 1.29 is 13.6 Å². The van der Waals surface area contributed by atoms with E-state index < -0.39 is 11.6 Å². The van der Waals surface area contributed by atoms with E-state index in [-0.39, 0.29) is 17.5 Å². The van der Waals surface area contributed by atoms with Crippen LogP contribution in [-0.4, -0.2) is 15.5 Å². The minimum Gasteiger partial charge on any atom is -0.405 e. The van der Waals surface area contributed by atoms with Gasteiger partial charge in [-0.2, -0.15) is 0 Å². The highest BCUT2D eigenvalue weighted by atomic mass is 19.1. The number of nitrogens with one attached hydrogen (secondary N) is 1. The number of hydrogen-bond acceptors (Lipinski definition) is 4. The molecule has 1 N–H and O–H groups in total. The second kappa shape index (κ2) is 6.64. The Hall–Kier alpha value is -2.96. The van der Waals surface area contributed by atoms with Gasteiger partial charge < -0.3 is 9.73 Å². The van der Waals surface area contributed by atoms with E-state index in [9.17, 15) is 14.0 Å². The number of carbonyl (C=O) groups excluding carboxylic acids is 1. The Labute approximate surface area is 155 Å². The summed E-state index contributed by atoms with van der Waals surface area (Å²) in [6.45, 7) is 1.82. The maximum Gasteiger partial charge on any atom is 0.419 e. The summed E-state index contributed by atoms with van der Waals surface area (Å²) in [6, 6.07) is 3.03. The summed E-state index contributed by atoms with van der Waals surface area (Å²) >= 11 is 0. The largest absolute Gasteiger partial charge is 0.419 e. The van der Waals surface area contributed by atoms with Crippen LogP contribution in [0, 0.1) is 5.82 Å². The third kappa shape index (κ3) is 2.93. The lowest BCUT2D eigenvalue weighted by atomic mass is 9.84. The number of oxazole rings is 1. The number of carbonyl (C=O) groups is 1. The molecule has 0 fully saturated rings. The Balaban J connectivity index is 1.85. The maximum absolute atomic E-state index is 14.5. The molecule has 0 saturated heterocycles. The Kier molecular flexibility index (Phi) is 4.30. The number of halogens is 1. The standard InChI is InChI=1S/C20H20FN3O3/c1-3-18(25)23-16-6-4-5-12-13(9-22-10-14(12)16)11-7-15(21)19-17(8-11)24(2)20(26)27-19/h7-10,16H,3-6H2,1-2H3,(H,23,25)/t16-/m1/s1. The fraction of sp³-hybridized carbons (Fsp3) is 0.350. The van der Waals surface area contributed by atoms with E-state index in [4.69, 9.17) is 4.42 Å². The van der Waals surface area contributed by atoms with Gasteiger partial charge in [0.15, 0.2) is 11.4 Å². The molecule has 1 aromatic carbocycles. The number of hydrogen-bond donors (Lipinski definition) is 1. The second-order valence-corrected chi connectivity index (χ2v) is 6.85. The monoisotopic (exact) mass is 369 g/mol. The van der Waals surface area contributed by atoms with Crippen molar-refractivity contribution in [3.8, 4) is 11.1 Å². The number of aryl methyl sites for hydroxylation is 1. The molecular weight excluding hydrogens is 349 g/mol. The SMILES string of the molecule is CCC(=O)N[C@@H]1CCCc2c(-c3cc(F)c4oc(=O)n(C)c4c3)cncc21. The molecule has 1 amide bonds. The number of pyridine rings is 1. The lowest BCUT2D eigenvalue weighted by molar-refractivity contribution is -0.121. The normalized spacial score (nSPS) is 16.3. The predicted molar refractivity (Wildman–Crippen MR) is 98.8 cm³/mol. The van der Waals surface area contributed by atoms with Gasteiger partial charge in [-0.15, -0.1) is 0 Å². The highest BCUT2D eigenvalue weighted by Gasteiger charge is 2.25. The van der Waals surface area contributed by atoms with E-state index in [1.54, 1.807) is 25.5 Å². The maximum atomic E-state index is 14.5. The average molecular weight is 369 g/mol. The minimum absolute atomic E-state index is 0.000820. The Morgan fingerprint density at radius 2 is 2.22 bits per heavy atom. The van der Waals surface area contributed by atoms with Crippen molar-refractivity contribution in [3.63, 3.8) is 0 Å². The van der Waals surface area contributed by atoms with Crippen LogP contribution in [0.4, 0.5) is 4.39 Å². The first kappa shape index (κ1) is 17.5. The second-order valence-electron chi connectivity index (χ2n) is 6.85. The van der Waals surface area contributed by atoms with E-state index in [0.29, 0.717) is 17.5 Å². The van der Waals surface area contributed by atoms with Gasteiger partial charge in [0.25, 0.3) is 0 Å². The molecule has 7 heteroatoms. The first-order valence-corrected chi connectivity index (χ1v) is 9.05. The van der Waals surface area contributed by atoms with Crippen LogP contribution in [0.25, 0.3) is 22.2 Å². The molecule has 4 rings (SSSR count). The summed E-state index contributed by atoms with van der Waals surface area (Å²) in [5.74, 6) is -1.18. The molecule has 2 aromatic heterocycles. The zero-order valence-electron chi connectivity index (χ0n) is 15.2. The topological polar surface area (TPSA) is 77.1 Å². The molecule has 1 aliphatic carbocycles. The van der Waals surface area contributed by atoms with Crippen molar-refractivity contribution in [1.82, 2.24) is 14.9 Å². The van der Waals surface area contributed by atoms with Crippen molar-refractivity contribution in [2.24, 2.45) is 7.05 Å². The van der Waals surface area contributed by atoms with Crippen LogP contribution >= 0.6 is 0 Å². The van der Waals surface area contributed by atoms with Gasteiger partial charge in [-0.25, -0.2) is 9.18 Å². The van der Waals surface area contributed by atoms with E-state index >= 15 is 0 Å². The number of aromatic nitrogens is 2. The number of rotatable bonds is 3. The highest BCUT2D eigenvalue weighted by molar-refractivity contribution is 5.82. The zero-order valence-corrected chi connectivity index (χ0v) is 15.2. The molecular formula is C20H20FN3O3. The van der Waals surface area contributed by atoms with Crippen molar-refractivity contribution in [2.75, 3.05) is 0 Å². The summed E-state index contributed by atoms with van der Waals surface area (Å²) in [6.07, 6.45) is 6.52. The number of nitrogens with zero attached hydrogens (tertiary/aromatic N) is 2. The fourth-order valence-electron chi connectivity index (χ4n) is 3.76. The van der Waals surface area contributed by atoms with Gasteiger partial charge in [-0.1, -0.05) is 6.92 Å². The highest BCUT2D eigenvalue weighted by Crippen LogP contribution is 2.36. The van der Waals surface area contributed by atoms with Gasteiger partial charge in [0.05, 0.1) is 11.6 Å². The summed E-state index contributed by atoms with van der Waals surface area (Å²) in [7, 11) is 1.55. The van der Waals surface area contributed by atoms with E-state index in [2.05, 4.69) is 10.3 Å². The molecule has 0 radical (unpaired) electrons. The lowest BCUT2D eigenvalue weighted by Crippen LogP contribution is -2.30. The van der Waals surface area contributed by atoms with E-state index in [0.717, 1.165) is 36.0 Å². The molecule has 6 nitrogen and oxygen atoms in total. The van der Waals surface area contributed by atoms with Crippen LogP contribution in [-0.2, 0) is 18.3 Å². The molecule has 0 bridgehead atoms. The van der Waals surface area contributed by atoms with Gasteiger partial charge in [-0.05, 0) is 48.1 Å². The van der Waals surface area contributed by atoms with E-state index in [1.165, 1.54) is 10.6 Å². The number of fused-ring (bicyclic) bond motifs is 2. The quantitative estimate of drug-likeness (QED) is 0.769. The van der Waals surface area contributed by atoms with Gasteiger partial charge in [0.2, 0.25) is 5.91 Å². The summed E-state index contributed by atoms with van der Waals surface area (Å²) < 4.78 is 20.8. The third-order valence-corrected chi connectivity index (χ3v) is 5.20. The van der Waals surface area contributed by atoms with Gasteiger partial charge in [0.1, 0.15) is 0 Å². The first-order valence-electron chi connectivity index (χ1n) is 9.05. The van der Waals surface area contributed by atoms with Gasteiger partial charge >= 0.3 is 5.76 Å². The molecule has 0 spiro atoms. The fourth-order valence-corrected chi connectivity index (χ4v) is 3.76. The number of amides is 1. The van der Waals surface area contributed by atoms with Crippen LogP contribution in [0.1, 0.15) is 43.4 Å². The van der Waals surface area contributed by atoms with Crippen LogP contribution in [0.5, 0.6) is 0 Å². The molecule has 3 aromatic rings. The summed E-state index contributed by atoms with van der Waals surface area (Å²) in [5.41, 5.74) is 3.85. The lowest BCUT2D eigenvalue weighted by Gasteiger charge is -2.27. The van der Waals surface area contributed by atoms with Gasteiger partial charge in [0, 0.05) is 31.4 Å². The summed E-state index contributed by atoms with van der Waals surface area (Å²) in [4.78, 5) is 27.9. The molecule has 27 heavy (non-hydrogen) atoms. The first-order chi connectivity index (χ1) is 13.0. The molecule has 0 saturated carbocycles. The summed E-state index contributed by atoms with van der Waals surface area (Å²) in [5, 5.41) is 3.04. The Bertz CT molecular complexity index is 1100. The molecule has 2 heterocycles. The smallest absolute Gasteiger partial charge is 0.405 e. The van der Waals surface area contributed by atoms with Crippen LogP contribution in [0.2, 0.25) is 0 Å². The average Bonchev–Trinajstić information content (AvgIpc) is 2.96. The van der Waals surface area contributed by atoms with Crippen LogP contribution in [0.3, 0.4) is 0 Å². The van der Waals surface area contributed by atoms with Gasteiger partial charge in [-0.3, -0.25) is 14.3 Å². The Morgan fingerprint density at radius 3 is 3.00 bits per heavy atom. The predicted octanol–water partition coefficient (Wildman–Crippen LogP) is 3.24. The minimum atomic E-state index is -0.600. The number of benzene rings is 1.